The van der Waals surface area contributed by atoms with E-state index < -0.39 is 5.60 Å². The molecule has 0 amide bonds. The van der Waals surface area contributed by atoms with E-state index >= 15 is 0 Å². The highest BCUT2D eigenvalue weighted by Gasteiger charge is 2.33. The Hall–Kier alpha value is -2.42. The highest BCUT2D eigenvalue weighted by atomic mass is 16.5. The number of aliphatic hydroxyl groups is 1. The number of hydrogen-bond donors (Lipinski definition) is 1. The van der Waals surface area contributed by atoms with Crippen LogP contribution in [-0.4, -0.2) is 11.7 Å². The lowest BCUT2D eigenvalue weighted by Gasteiger charge is -2.31. The lowest BCUT2D eigenvalue weighted by atomic mass is 9.79. The van der Waals surface area contributed by atoms with Gasteiger partial charge < -0.3 is 9.84 Å². The highest BCUT2D eigenvalue weighted by molar-refractivity contribution is 5.49. The number of benzene rings is 3. The first kappa shape index (κ1) is 18.4. The molecule has 0 spiro atoms. The molecule has 26 heavy (non-hydrogen) atoms. The normalized spacial score (nSPS) is 11.5. The van der Waals surface area contributed by atoms with E-state index in [4.69, 9.17) is 4.74 Å². The first-order valence-electron chi connectivity index (χ1n) is 8.87. The third-order valence-electron chi connectivity index (χ3n) is 4.66. The summed E-state index contributed by atoms with van der Waals surface area (Å²) < 4.78 is 5.37. The van der Waals surface area contributed by atoms with E-state index in [0.717, 1.165) is 33.4 Å². The molecule has 3 aromatic carbocycles. The molecule has 2 heteroatoms. The van der Waals surface area contributed by atoms with Crippen molar-refractivity contribution in [3.05, 3.63) is 113 Å². The van der Waals surface area contributed by atoms with E-state index in [-0.39, 0.29) is 0 Å². The van der Waals surface area contributed by atoms with E-state index in [1.54, 1.807) is 0 Å². The molecular formula is C24H25O2. The molecule has 3 rings (SSSR count). The van der Waals surface area contributed by atoms with Crippen molar-refractivity contribution in [2.24, 2.45) is 0 Å². The van der Waals surface area contributed by atoms with Crippen molar-refractivity contribution < 1.29 is 9.84 Å². The molecule has 0 bridgehead atoms. The molecule has 0 aliphatic rings. The molecule has 3 aromatic rings. The Morgan fingerprint density at radius 1 is 0.808 bits per heavy atom. The van der Waals surface area contributed by atoms with E-state index in [2.05, 4.69) is 6.92 Å². The van der Waals surface area contributed by atoms with Crippen LogP contribution in [0, 0.1) is 20.8 Å². The molecule has 0 saturated heterocycles. The maximum Gasteiger partial charge on any atom is 0.140 e. The molecule has 0 atom stereocenters. The van der Waals surface area contributed by atoms with Crippen molar-refractivity contribution in [2.45, 2.75) is 26.1 Å². The van der Waals surface area contributed by atoms with Gasteiger partial charge in [0.1, 0.15) is 5.60 Å². The zero-order chi connectivity index (χ0) is 18.6. The lowest BCUT2D eigenvalue weighted by molar-refractivity contribution is 0.125. The van der Waals surface area contributed by atoms with Gasteiger partial charge in [-0.3, -0.25) is 0 Å². The van der Waals surface area contributed by atoms with Gasteiger partial charge in [0.2, 0.25) is 0 Å². The number of hydrogen-bond acceptors (Lipinski definition) is 2. The van der Waals surface area contributed by atoms with Crippen LogP contribution in [0.4, 0.5) is 0 Å². The van der Waals surface area contributed by atoms with Gasteiger partial charge in [0.25, 0.3) is 0 Å². The average Bonchev–Trinajstić information content (AvgIpc) is 2.66. The van der Waals surface area contributed by atoms with Crippen molar-refractivity contribution in [2.75, 3.05) is 6.61 Å². The summed E-state index contributed by atoms with van der Waals surface area (Å²) in [6.45, 7) is 8.74. The summed E-state index contributed by atoms with van der Waals surface area (Å²) in [5, 5.41) is 11.9. The van der Waals surface area contributed by atoms with Gasteiger partial charge in [-0.15, -0.1) is 0 Å². The fourth-order valence-corrected chi connectivity index (χ4v) is 3.27. The fraction of sp³-hybridized carbons (Fsp3) is 0.208. The van der Waals surface area contributed by atoms with Crippen LogP contribution >= 0.6 is 0 Å². The van der Waals surface area contributed by atoms with Crippen LogP contribution in [0.5, 0.6) is 0 Å². The maximum atomic E-state index is 11.9. The molecule has 0 saturated carbocycles. The van der Waals surface area contributed by atoms with Crippen LogP contribution in [0.25, 0.3) is 0 Å². The number of rotatable bonds is 6. The summed E-state index contributed by atoms with van der Waals surface area (Å²) in [5.74, 6) is 0. The molecule has 2 nitrogen and oxygen atoms in total. The summed E-state index contributed by atoms with van der Waals surface area (Å²) in [6.07, 6.45) is 0. The SMILES string of the molecule is [CH2]COCc1ccc(C(O)(c2cccc(C)c2)c2cccc(C)c2)cc1. The van der Waals surface area contributed by atoms with Gasteiger partial charge in [-0.2, -0.15) is 0 Å². The third kappa shape index (κ3) is 3.72. The molecule has 1 radical (unpaired) electrons. The zero-order valence-electron chi connectivity index (χ0n) is 15.4. The molecule has 0 fully saturated rings. The fourth-order valence-electron chi connectivity index (χ4n) is 3.27. The van der Waals surface area contributed by atoms with Gasteiger partial charge in [0.15, 0.2) is 0 Å². The van der Waals surface area contributed by atoms with Gasteiger partial charge in [-0.1, -0.05) is 83.9 Å². The molecule has 1 N–H and O–H groups in total. The van der Waals surface area contributed by atoms with Crippen molar-refractivity contribution in [1.82, 2.24) is 0 Å². The molecule has 0 heterocycles. The van der Waals surface area contributed by atoms with Crippen LogP contribution in [0.15, 0.2) is 72.8 Å². The Balaban J connectivity index is 2.12. The quantitative estimate of drug-likeness (QED) is 0.641. The van der Waals surface area contributed by atoms with Crippen molar-refractivity contribution >= 4 is 0 Å². The van der Waals surface area contributed by atoms with Gasteiger partial charge in [0.05, 0.1) is 6.61 Å². The van der Waals surface area contributed by atoms with Crippen molar-refractivity contribution in [3.63, 3.8) is 0 Å². The maximum absolute atomic E-state index is 11.9. The van der Waals surface area contributed by atoms with Gasteiger partial charge in [0, 0.05) is 6.61 Å². The predicted molar refractivity (Wildman–Crippen MR) is 106 cm³/mol. The molecular weight excluding hydrogens is 320 g/mol. The Bertz CT molecular complexity index is 820. The van der Waals surface area contributed by atoms with Crippen molar-refractivity contribution in [3.8, 4) is 0 Å². The van der Waals surface area contributed by atoms with E-state index in [9.17, 15) is 5.11 Å². The summed E-state index contributed by atoms with van der Waals surface area (Å²) in [7, 11) is 0. The summed E-state index contributed by atoms with van der Waals surface area (Å²) in [6, 6.07) is 24.1. The minimum atomic E-state index is -1.20. The van der Waals surface area contributed by atoms with Crippen LogP contribution in [-0.2, 0) is 16.9 Å². The van der Waals surface area contributed by atoms with E-state index in [1.165, 1.54) is 0 Å². The summed E-state index contributed by atoms with van der Waals surface area (Å²) in [4.78, 5) is 0. The number of ether oxygens (including phenoxy) is 1. The van der Waals surface area contributed by atoms with Gasteiger partial charge in [-0.25, -0.2) is 0 Å². The Morgan fingerprint density at radius 3 is 1.81 bits per heavy atom. The number of aryl methyl sites for hydroxylation is 2. The zero-order valence-corrected chi connectivity index (χ0v) is 15.4. The van der Waals surface area contributed by atoms with Crippen LogP contribution in [0.3, 0.4) is 0 Å². The molecule has 0 aliphatic carbocycles. The summed E-state index contributed by atoms with van der Waals surface area (Å²) >= 11 is 0. The van der Waals surface area contributed by atoms with Crippen LogP contribution in [0.1, 0.15) is 33.4 Å². The first-order chi connectivity index (χ1) is 12.5. The van der Waals surface area contributed by atoms with Crippen LogP contribution < -0.4 is 0 Å². The largest absolute Gasteiger partial charge is 0.377 e. The minimum Gasteiger partial charge on any atom is -0.377 e. The summed E-state index contributed by atoms with van der Waals surface area (Å²) in [5.41, 5.74) is 4.67. The molecule has 133 valence electrons. The van der Waals surface area contributed by atoms with Gasteiger partial charge in [-0.05, 0) is 43.0 Å². The second kappa shape index (κ2) is 7.86. The Morgan fingerprint density at radius 2 is 1.35 bits per heavy atom. The predicted octanol–water partition coefficient (Wildman–Crippen LogP) is 4.94. The van der Waals surface area contributed by atoms with Crippen molar-refractivity contribution in [1.29, 1.82) is 0 Å². The highest BCUT2D eigenvalue weighted by Crippen LogP contribution is 2.37. The molecule has 0 unspecified atom stereocenters. The second-order valence-electron chi connectivity index (χ2n) is 6.70. The average molecular weight is 345 g/mol. The Labute approximate surface area is 156 Å². The van der Waals surface area contributed by atoms with E-state index in [1.807, 2.05) is 86.6 Å². The topological polar surface area (TPSA) is 29.5 Å². The second-order valence-corrected chi connectivity index (χ2v) is 6.70. The monoisotopic (exact) mass is 345 g/mol. The Kier molecular flexibility index (Phi) is 5.55. The van der Waals surface area contributed by atoms with Gasteiger partial charge >= 0.3 is 0 Å². The molecule has 0 aliphatic heterocycles. The standard InChI is InChI=1S/C24H25O2/c1-4-26-17-20-11-13-21(14-12-20)24(25,22-9-5-7-18(2)15-22)23-10-6-8-19(3)16-23/h5-16,25H,1,4,17H2,2-3H3. The molecule has 0 aromatic heterocycles. The smallest absolute Gasteiger partial charge is 0.140 e. The first-order valence-corrected chi connectivity index (χ1v) is 8.87. The lowest BCUT2D eigenvalue weighted by Crippen LogP contribution is -2.29. The third-order valence-corrected chi connectivity index (χ3v) is 4.66. The minimum absolute atomic E-state index is 0.443. The van der Waals surface area contributed by atoms with E-state index in [0.29, 0.717) is 13.2 Å². The van der Waals surface area contributed by atoms with Crippen LogP contribution in [0.2, 0.25) is 0 Å².